The van der Waals surface area contributed by atoms with Gasteiger partial charge in [-0.2, -0.15) is 0 Å². The van der Waals surface area contributed by atoms with E-state index in [0.29, 0.717) is 12.4 Å². The van der Waals surface area contributed by atoms with Crippen LogP contribution in [0.25, 0.3) is 22.2 Å². The molecule has 0 fully saturated rings. The van der Waals surface area contributed by atoms with Crippen molar-refractivity contribution >= 4 is 16.9 Å². The van der Waals surface area contributed by atoms with Gasteiger partial charge in [0.25, 0.3) is 0 Å². The first kappa shape index (κ1) is 16.8. The van der Waals surface area contributed by atoms with Gasteiger partial charge in [0, 0.05) is 35.1 Å². The van der Waals surface area contributed by atoms with E-state index in [-0.39, 0.29) is 12.3 Å². The zero-order valence-corrected chi connectivity index (χ0v) is 14.7. The van der Waals surface area contributed by atoms with Crippen molar-refractivity contribution in [1.82, 2.24) is 20.3 Å². The molecule has 0 aliphatic carbocycles. The van der Waals surface area contributed by atoms with Crippen LogP contribution in [-0.2, 0) is 17.8 Å². The molecule has 1 amide bonds. The zero-order valence-electron chi connectivity index (χ0n) is 14.7. The second-order valence-corrected chi connectivity index (χ2v) is 6.03. The molecular formula is C20H18N4O3. The number of hydrogen-bond acceptors (Lipinski definition) is 5. The first-order chi connectivity index (χ1) is 13.2. The molecular weight excluding hydrogens is 344 g/mol. The van der Waals surface area contributed by atoms with Crippen molar-refractivity contribution in [3.63, 3.8) is 0 Å². The summed E-state index contributed by atoms with van der Waals surface area (Å²) >= 11 is 0. The van der Waals surface area contributed by atoms with Gasteiger partial charge >= 0.3 is 0 Å². The van der Waals surface area contributed by atoms with Crippen LogP contribution < -0.4 is 10.1 Å². The van der Waals surface area contributed by atoms with Crippen LogP contribution in [0.3, 0.4) is 0 Å². The molecule has 0 bridgehead atoms. The highest BCUT2D eigenvalue weighted by atomic mass is 16.5. The first-order valence-corrected chi connectivity index (χ1v) is 8.49. The van der Waals surface area contributed by atoms with Crippen molar-refractivity contribution in [2.24, 2.45) is 0 Å². The Morgan fingerprint density at radius 1 is 1.30 bits per heavy atom. The van der Waals surface area contributed by atoms with E-state index in [9.17, 15) is 4.79 Å². The number of aromatic amines is 1. The van der Waals surface area contributed by atoms with Crippen LogP contribution in [0.2, 0.25) is 0 Å². The lowest BCUT2D eigenvalue weighted by Crippen LogP contribution is -2.24. The summed E-state index contributed by atoms with van der Waals surface area (Å²) in [6.45, 7) is 0.366. The van der Waals surface area contributed by atoms with Gasteiger partial charge in [-0.1, -0.05) is 0 Å². The van der Waals surface area contributed by atoms with Gasteiger partial charge in [0.2, 0.25) is 11.8 Å². The van der Waals surface area contributed by atoms with E-state index in [1.165, 1.54) is 0 Å². The molecule has 0 unspecified atom stereocenters. The van der Waals surface area contributed by atoms with E-state index in [0.717, 1.165) is 33.5 Å². The molecule has 7 nitrogen and oxygen atoms in total. The van der Waals surface area contributed by atoms with Crippen LogP contribution in [0.5, 0.6) is 5.88 Å². The molecule has 0 saturated heterocycles. The lowest BCUT2D eigenvalue weighted by atomic mass is 10.1. The third-order valence-corrected chi connectivity index (χ3v) is 4.28. The van der Waals surface area contributed by atoms with Crippen molar-refractivity contribution in [3.8, 4) is 17.0 Å². The summed E-state index contributed by atoms with van der Waals surface area (Å²) in [5.41, 5.74) is 3.34. The number of hydrogen-bond donors (Lipinski definition) is 2. The molecule has 7 heteroatoms. The molecule has 27 heavy (non-hydrogen) atoms. The molecule has 0 atom stereocenters. The fourth-order valence-electron chi connectivity index (χ4n) is 2.96. The number of ether oxygens (including phenoxy) is 1. The molecule has 136 valence electrons. The standard InChI is InChI=1S/C20H18N4O3/c1-26-20-16(5-2-6-21-20)13-8-17-14(11-24-19(17)23-10-13)9-18(25)22-12-15-4-3-7-27-15/h2-8,10-11H,9,12H2,1H3,(H,22,25)(H,23,24). The fourth-order valence-corrected chi connectivity index (χ4v) is 2.96. The van der Waals surface area contributed by atoms with Gasteiger partial charge < -0.3 is 19.5 Å². The van der Waals surface area contributed by atoms with Gasteiger partial charge in [0.05, 0.1) is 26.3 Å². The van der Waals surface area contributed by atoms with Crippen molar-refractivity contribution < 1.29 is 13.9 Å². The second-order valence-electron chi connectivity index (χ2n) is 6.03. The average molecular weight is 362 g/mol. The Balaban J connectivity index is 1.58. The highest BCUT2D eigenvalue weighted by Crippen LogP contribution is 2.30. The quantitative estimate of drug-likeness (QED) is 0.550. The Morgan fingerprint density at radius 2 is 2.22 bits per heavy atom. The third-order valence-electron chi connectivity index (χ3n) is 4.28. The summed E-state index contributed by atoms with van der Waals surface area (Å²) in [5, 5.41) is 3.75. The number of rotatable bonds is 6. The fraction of sp³-hybridized carbons (Fsp3) is 0.150. The van der Waals surface area contributed by atoms with Gasteiger partial charge in [0.1, 0.15) is 11.4 Å². The lowest BCUT2D eigenvalue weighted by Gasteiger charge is -2.07. The van der Waals surface area contributed by atoms with Crippen LogP contribution >= 0.6 is 0 Å². The number of methoxy groups -OCH3 is 1. The van der Waals surface area contributed by atoms with Crippen LogP contribution in [-0.4, -0.2) is 28.0 Å². The van der Waals surface area contributed by atoms with Crippen molar-refractivity contribution in [2.75, 3.05) is 7.11 Å². The summed E-state index contributed by atoms with van der Waals surface area (Å²) in [4.78, 5) is 24.1. The highest BCUT2D eigenvalue weighted by Gasteiger charge is 2.13. The summed E-state index contributed by atoms with van der Waals surface area (Å²) < 4.78 is 10.6. The third kappa shape index (κ3) is 3.52. The topological polar surface area (TPSA) is 93.0 Å². The summed E-state index contributed by atoms with van der Waals surface area (Å²) in [5.74, 6) is 1.17. The molecule has 4 aromatic heterocycles. The second kappa shape index (κ2) is 7.33. The number of pyridine rings is 2. The molecule has 4 aromatic rings. The summed E-state index contributed by atoms with van der Waals surface area (Å²) in [6, 6.07) is 9.39. The Labute approximate surface area is 155 Å². The van der Waals surface area contributed by atoms with E-state index in [2.05, 4.69) is 20.3 Å². The SMILES string of the molecule is COc1ncccc1-c1cnc2[nH]cc(CC(=O)NCc3ccco3)c2c1. The largest absolute Gasteiger partial charge is 0.481 e. The maximum absolute atomic E-state index is 12.3. The van der Waals surface area contributed by atoms with Crippen LogP contribution in [0.15, 0.2) is 59.6 Å². The number of fused-ring (bicyclic) bond motifs is 1. The molecule has 0 aliphatic heterocycles. The predicted molar refractivity (Wildman–Crippen MR) is 100 cm³/mol. The monoisotopic (exact) mass is 362 g/mol. The number of carbonyl (C=O) groups excluding carboxylic acids is 1. The van der Waals surface area contributed by atoms with Crippen LogP contribution in [0.1, 0.15) is 11.3 Å². The van der Waals surface area contributed by atoms with E-state index < -0.39 is 0 Å². The van der Waals surface area contributed by atoms with Gasteiger partial charge in [-0.3, -0.25) is 4.79 Å². The number of furan rings is 1. The molecule has 4 heterocycles. The Kier molecular flexibility index (Phi) is 4.57. The maximum Gasteiger partial charge on any atom is 0.224 e. The van der Waals surface area contributed by atoms with Crippen LogP contribution in [0, 0.1) is 0 Å². The molecule has 0 aliphatic rings. The normalized spacial score (nSPS) is 10.9. The van der Waals surface area contributed by atoms with E-state index in [1.54, 1.807) is 31.8 Å². The van der Waals surface area contributed by atoms with Crippen molar-refractivity contribution in [3.05, 3.63) is 66.5 Å². The minimum atomic E-state index is -0.0864. The Bertz CT molecular complexity index is 1070. The van der Waals surface area contributed by atoms with Crippen LogP contribution in [0.4, 0.5) is 0 Å². The molecule has 0 radical (unpaired) electrons. The van der Waals surface area contributed by atoms with Gasteiger partial charge in [0.15, 0.2) is 0 Å². The Morgan fingerprint density at radius 3 is 3.04 bits per heavy atom. The number of nitrogens with one attached hydrogen (secondary N) is 2. The lowest BCUT2D eigenvalue weighted by molar-refractivity contribution is -0.120. The maximum atomic E-state index is 12.3. The molecule has 2 N–H and O–H groups in total. The van der Waals surface area contributed by atoms with Gasteiger partial charge in [-0.25, -0.2) is 9.97 Å². The van der Waals surface area contributed by atoms with E-state index in [1.807, 2.05) is 30.5 Å². The average Bonchev–Trinajstić information content (AvgIpc) is 3.36. The summed E-state index contributed by atoms with van der Waals surface area (Å²) in [7, 11) is 1.59. The van der Waals surface area contributed by atoms with Gasteiger partial charge in [-0.05, 0) is 35.9 Å². The number of carbonyl (C=O) groups is 1. The zero-order chi connectivity index (χ0) is 18.6. The smallest absolute Gasteiger partial charge is 0.224 e. The van der Waals surface area contributed by atoms with E-state index >= 15 is 0 Å². The minimum Gasteiger partial charge on any atom is -0.481 e. The number of aromatic nitrogens is 3. The minimum absolute atomic E-state index is 0.0864. The number of amides is 1. The molecule has 0 spiro atoms. The van der Waals surface area contributed by atoms with Crippen molar-refractivity contribution in [1.29, 1.82) is 0 Å². The highest BCUT2D eigenvalue weighted by molar-refractivity contribution is 5.89. The van der Waals surface area contributed by atoms with Crippen molar-refractivity contribution in [2.45, 2.75) is 13.0 Å². The Hall–Kier alpha value is -3.61. The molecule has 0 saturated carbocycles. The molecule has 4 rings (SSSR count). The van der Waals surface area contributed by atoms with E-state index in [4.69, 9.17) is 9.15 Å². The predicted octanol–water partition coefficient (Wildman–Crippen LogP) is 3.09. The number of H-pyrrole nitrogens is 1. The number of nitrogens with zero attached hydrogens (tertiary/aromatic N) is 2. The molecule has 0 aromatic carbocycles. The first-order valence-electron chi connectivity index (χ1n) is 8.49. The summed E-state index contributed by atoms with van der Waals surface area (Å²) in [6.07, 6.45) is 7.09. The van der Waals surface area contributed by atoms with Gasteiger partial charge in [-0.15, -0.1) is 0 Å².